The zero-order chi connectivity index (χ0) is 23.7. The predicted molar refractivity (Wildman–Crippen MR) is 167 cm³/mol. The van der Waals surface area contributed by atoms with Crippen LogP contribution in [0.25, 0.3) is 11.6 Å². The molecule has 0 heterocycles. The van der Waals surface area contributed by atoms with Crippen molar-refractivity contribution < 1.29 is 23.3 Å². The second kappa shape index (κ2) is 14.4. The van der Waals surface area contributed by atoms with E-state index < -0.39 is 0 Å². The zero-order valence-corrected chi connectivity index (χ0v) is 27.4. The molecule has 2 radical (unpaired) electrons. The zero-order valence-electron chi connectivity index (χ0n) is 22.3. The Kier molecular flexibility index (Phi) is 12.9. The van der Waals surface area contributed by atoms with Crippen LogP contribution in [-0.4, -0.2) is 6.88 Å². The summed E-state index contributed by atoms with van der Waals surface area (Å²) in [6, 6.07) is 28.9. The molecule has 4 heteroatoms. The molecule has 0 bridgehead atoms. The van der Waals surface area contributed by atoms with Gasteiger partial charge >= 0.3 is 30.2 Å². The fraction of sp³-hybridized carbons (Fsp3) is 0.118. The van der Waals surface area contributed by atoms with Crippen molar-refractivity contribution in [1.82, 2.24) is 0 Å². The summed E-state index contributed by atoms with van der Waals surface area (Å²) in [7, 11) is 0. The Labute approximate surface area is 258 Å². The van der Waals surface area contributed by atoms with Gasteiger partial charge < -0.3 is 14.9 Å². The van der Waals surface area contributed by atoms with Crippen LogP contribution < -0.4 is 0 Å². The maximum atomic E-state index is 3.60. The van der Waals surface area contributed by atoms with E-state index in [4.69, 9.17) is 0 Å². The van der Waals surface area contributed by atoms with Crippen molar-refractivity contribution in [3.05, 3.63) is 169 Å². The van der Waals surface area contributed by atoms with Crippen LogP contribution >= 0.6 is 24.8 Å². The van der Waals surface area contributed by atoms with Gasteiger partial charge in [0.25, 0.3) is 0 Å². The van der Waals surface area contributed by atoms with Gasteiger partial charge in [-0.15, -0.1) is 54.2 Å². The third-order valence-electron chi connectivity index (χ3n) is 7.07. The van der Waals surface area contributed by atoms with Crippen molar-refractivity contribution >= 4 is 43.3 Å². The minimum atomic E-state index is -0.292. The van der Waals surface area contributed by atoms with Gasteiger partial charge in [-0.25, -0.2) is 0 Å². The standard InChI is InChI=1S/C32H25.2CH3.2ClH.Si.Zr/c1-22-14-16-24(17-15-22)29-21-25-9-6-7-13-28(25)31(29)32(27-11-4-3-5-12-27)18-8-10-26-19-23(2)20-30(26)32;;;;;;/h3-18,20-21,31H,1-2H3;2*1H3;2*1H;;/q3*-1;;;;. The number of benzene rings is 3. The molecule has 6 rings (SSSR count). The van der Waals surface area contributed by atoms with E-state index >= 15 is 0 Å². The van der Waals surface area contributed by atoms with Crippen molar-refractivity contribution in [2.24, 2.45) is 0 Å². The molecule has 2 unspecified atom stereocenters. The van der Waals surface area contributed by atoms with Crippen molar-refractivity contribution in [2.75, 3.05) is 0 Å². The Morgan fingerprint density at radius 2 is 1.42 bits per heavy atom. The summed E-state index contributed by atoms with van der Waals surface area (Å²) in [4.78, 5) is 0. The first-order valence-electron chi connectivity index (χ1n) is 11.6. The van der Waals surface area contributed by atoms with E-state index in [1.54, 1.807) is 0 Å². The van der Waals surface area contributed by atoms with E-state index in [-0.39, 0.29) is 51.0 Å². The number of rotatable bonds is 3. The molecule has 0 spiro atoms. The van der Waals surface area contributed by atoms with Crippen molar-refractivity contribution in [1.29, 1.82) is 0 Å². The van der Waals surface area contributed by atoms with E-state index in [1.165, 1.54) is 73.4 Å². The maximum absolute atomic E-state index is 3.60. The summed E-state index contributed by atoms with van der Waals surface area (Å²) >= 11 is 1.36. The first-order chi connectivity index (χ1) is 16.7. The molecule has 2 atom stereocenters. The molecule has 3 aromatic rings. The predicted octanol–water partition coefficient (Wildman–Crippen LogP) is 9.12. The van der Waals surface area contributed by atoms with Gasteiger partial charge in [-0.1, -0.05) is 104 Å². The Balaban J connectivity index is 0.00000118. The second-order valence-electron chi connectivity index (χ2n) is 9.07. The topological polar surface area (TPSA) is 0 Å². The molecule has 0 aliphatic heterocycles. The minimum absolute atomic E-state index is 0. The van der Waals surface area contributed by atoms with Crippen molar-refractivity contribution in [2.45, 2.75) is 25.2 Å². The molecular formula is C34H33Cl2SiZr-3. The van der Waals surface area contributed by atoms with E-state index in [1.807, 2.05) is 0 Å². The van der Waals surface area contributed by atoms with Gasteiger partial charge in [0.1, 0.15) is 0 Å². The molecule has 0 fully saturated rings. The fourth-order valence-corrected chi connectivity index (χ4v) is 5.66. The monoisotopic (exact) mass is 629 g/mol. The Morgan fingerprint density at radius 3 is 2.11 bits per heavy atom. The summed E-state index contributed by atoms with van der Waals surface area (Å²) in [6.45, 7) is 7.37. The molecule has 3 aliphatic carbocycles. The molecule has 0 N–H and O–H groups in total. The molecule has 0 aromatic heterocycles. The average molecular weight is 632 g/mol. The number of aryl methyl sites for hydroxylation is 1. The molecule has 0 amide bonds. The summed E-state index contributed by atoms with van der Waals surface area (Å²) in [5.74, 6) is 0.183. The quantitative estimate of drug-likeness (QED) is 0.200. The van der Waals surface area contributed by atoms with Crippen LogP contribution in [0.1, 0.15) is 40.7 Å². The van der Waals surface area contributed by atoms with Gasteiger partial charge in [-0.3, -0.25) is 0 Å². The average Bonchev–Trinajstić information content (AvgIpc) is 3.46. The third-order valence-corrected chi connectivity index (χ3v) is 7.07. The summed E-state index contributed by atoms with van der Waals surface area (Å²) in [5.41, 5.74) is 11.5. The summed E-state index contributed by atoms with van der Waals surface area (Å²) in [5, 5.41) is 0. The van der Waals surface area contributed by atoms with E-state index in [0.29, 0.717) is 0 Å². The Hall–Kier alpha value is -1.96. The number of hydrogen-bond donors (Lipinski definition) is 0. The first-order valence-corrected chi connectivity index (χ1v) is 15.8. The van der Waals surface area contributed by atoms with Crippen molar-refractivity contribution in [3.63, 3.8) is 0 Å². The molecular weight excluding hydrogens is 599 g/mol. The normalized spacial score (nSPS) is 19.6. The van der Waals surface area contributed by atoms with Gasteiger partial charge in [-0.05, 0) is 34.8 Å². The van der Waals surface area contributed by atoms with Gasteiger partial charge in [0.2, 0.25) is 0 Å². The van der Waals surface area contributed by atoms with E-state index in [9.17, 15) is 0 Å². The van der Waals surface area contributed by atoms with Gasteiger partial charge in [0.15, 0.2) is 0 Å². The SMILES string of the molecule is CC1=[C-]C2=CC=CC(c3ccccc3)(C3C(c4ccc(C)cc4)=Cc4ccccc43)C2=C1.Cl.Cl.[CH3-].[CH3-].[Si]=[Zr]. The van der Waals surface area contributed by atoms with E-state index in [0.717, 1.165) is 0 Å². The molecule has 3 aromatic carbocycles. The third kappa shape index (κ3) is 5.80. The molecule has 0 nitrogen and oxygen atoms in total. The second-order valence-corrected chi connectivity index (χ2v) is 9.07. The van der Waals surface area contributed by atoms with Crippen LogP contribution in [0.3, 0.4) is 0 Å². The number of hydrogen-bond acceptors (Lipinski definition) is 0. The first kappa shape index (κ1) is 34.1. The van der Waals surface area contributed by atoms with Gasteiger partial charge in [0, 0.05) is 11.3 Å². The molecule has 0 saturated carbocycles. The van der Waals surface area contributed by atoms with Crippen LogP contribution in [-0.2, 0) is 28.8 Å². The van der Waals surface area contributed by atoms with Crippen molar-refractivity contribution in [3.8, 4) is 0 Å². The summed E-state index contributed by atoms with van der Waals surface area (Å²) in [6.07, 6.45) is 15.2. The van der Waals surface area contributed by atoms with Gasteiger partial charge in [0.05, 0.1) is 0 Å². The van der Waals surface area contributed by atoms with Crippen LogP contribution in [0.15, 0.2) is 120 Å². The molecule has 0 saturated heterocycles. The fourth-order valence-electron chi connectivity index (χ4n) is 5.66. The number of fused-ring (bicyclic) bond motifs is 2. The van der Waals surface area contributed by atoms with Crippen LogP contribution in [0.2, 0.25) is 0 Å². The molecule has 3 aliphatic rings. The number of allylic oxidation sites excluding steroid dienone is 9. The van der Waals surface area contributed by atoms with Crippen LogP contribution in [0.4, 0.5) is 0 Å². The van der Waals surface area contributed by atoms with E-state index in [2.05, 4.69) is 136 Å². The van der Waals surface area contributed by atoms with Gasteiger partial charge in [-0.2, -0.15) is 11.6 Å². The molecule has 194 valence electrons. The molecule has 38 heavy (non-hydrogen) atoms. The van der Waals surface area contributed by atoms with Crippen LogP contribution in [0.5, 0.6) is 0 Å². The Morgan fingerprint density at radius 1 is 0.789 bits per heavy atom. The number of halogens is 2. The Bertz CT molecular complexity index is 1400. The van der Waals surface area contributed by atoms with Crippen LogP contribution in [0, 0.1) is 27.9 Å². The summed E-state index contributed by atoms with van der Waals surface area (Å²) < 4.78 is 0.